The fourth-order valence-electron chi connectivity index (χ4n) is 3.43. The first-order valence-corrected chi connectivity index (χ1v) is 11.1. The lowest BCUT2D eigenvalue weighted by molar-refractivity contribution is 0.370. The fourth-order valence-corrected chi connectivity index (χ4v) is 6.13. The molecular weight excluding hydrogens is 389 g/mol. The molecule has 1 atom stereocenters. The van der Waals surface area contributed by atoms with Gasteiger partial charge in [0.1, 0.15) is 5.82 Å². The fraction of sp³-hybridized carbons (Fsp3) is 0.500. The molecule has 0 aliphatic heterocycles. The Labute approximate surface area is 173 Å². The Bertz CT molecular complexity index is 905. The number of nitrogens with zero attached hydrogens (tertiary/aromatic N) is 4. The van der Waals surface area contributed by atoms with E-state index in [0.29, 0.717) is 23.7 Å². The van der Waals surface area contributed by atoms with Crippen LogP contribution in [0.15, 0.2) is 18.3 Å². The maximum atomic E-state index is 14.1. The van der Waals surface area contributed by atoms with Gasteiger partial charge in [-0.3, -0.25) is 4.57 Å². The summed E-state index contributed by atoms with van der Waals surface area (Å²) in [5.74, 6) is 1.16. The summed E-state index contributed by atoms with van der Waals surface area (Å²) in [5, 5.41) is 13.6. The van der Waals surface area contributed by atoms with E-state index in [1.54, 1.807) is 28.5 Å². The minimum Gasteiger partial charge on any atom is -0.504 e. The van der Waals surface area contributed by atoms with E-state index in [4.69, 9.17) is 4.74 Å². The highest BCUT2D eigenvalue weighted by atomic mass is 31.2. The van der Waals surface area contributed by atoms with Gasteiger partial charge in [-0.1, -0.05) is 6.07 Å². The van der Waals surface area contributed by atoms with Gasteiger partial charge < -0.3 is 15.2 Å². The number of aromatic nitrogens is 2. The lowest BCUT2D eigenvalue weighted by atomic mass is 10.1. The highest BCUT2D eigenvalue weighted by molar-refractivity contribution is 7.59. The highest BCUT2D eigenvalue weighted by Crippen LogP contribution is 2.62. The summed E-state index contributed by atoms with van der Waals surface area (Å²) in [4.78, 5) is 8.65. The first-order chi connectivity index (χ1) is 13.5. The lowest BCUT2D eigenvalue weighted by Gasteiger charge is -2.37. The number of ether oxygens (including phenoxy) is 1. The van der Waals surface area contributed by atoms with E-state index in [-0.39, 0.29) is 11.4 Å². The summed E-state index contributed by atoms with van der Waals surface area (Å²) in [7, 11) is 5.79. The van der Waals surface area contributed by atoms with Gasteiger partial charge >= 0.3 is 0 Å². The van der Waals surface area contributed by atoms with Gasteiger partial charge in [0.15, 0.2) is 11.5 Å². The first-order valence-electron chi connectivity index (χ1n) is 9.39. The molecule has 0 radical (unpaired) electrons. The molecule has 2 N–H and O–H groups in total. The lowest BCUT2D eigenvalue weighted by Crippen LogP contribution is -2.29. The molecule has 2 rings (SSSR count). The normalized spacial score (nSPS) is 13.0. The zero-order chi connectivity index (χ0) is 21.9. The second kappa shape index (κ2) is 9.11. The van der Waals surface area contributed by atoms with E-state index in [1.165, 1.54) is 7.11 Å². The molecular formula is C20H32N5O3P. The topological polar surface area (TPSA) is 90.8 Å². The van der Waals surface area contributed by atoms with Gasteiger partial charge in [-0.05, 0) is 66.2 Å². The van der Waals surface area contributed by atoms with Crippen molar-refractivity contribution >= 4 is 13.1 Å². The van der Waals surface area contributed by atoms with Crippen LogP contribution in [-0.2, 0) is 4.57 Å². The van der Waals surface area contributed by atoms with Crippen molar-refractivity contribution in [3.05, 3.63) is 41.0 Å². The van der Waals surface area contributed by atoms with Gasteiger partial charge in [0.25, 0.3) is 0 Å². The highest BCUT2D eigenvalue weighted by Gasteiger charge is 2.39. The van der Waals surface area contributed by atoms with Gasteiger partial charge in [-0.15, -0.1) is 0 Å². The van der Waals surface area contributed by atoms with Crippen molar-refractivity contribution in [1.29, 1.82) is 0 Å². The van der Waals surface area contributed by atoms with Crippen LogP contribution in [-0.4, -0.2) is 66.3 Å². The molecule has 0 amide bonds. The summed E-state index contributed by atoms with van der Waals surface area (Å²) < 4.78 is 23.0. The minimum atomic E-state index is -3.00. The van der Waals surface area contributed by atoms with Crippen LogP contribution in [0.4, 0.5) is 5.69 Å². The summed E-state index contributed by atoms with van der Waals surface area (Å²) in [6.07, 6.45) is 1.74. The molecule has 0 spiro atoms. The molecule has 1 heterocycles. The van der Waals surface area contributed by atoms with Gasteiger partial charge in [0.05, 0.1) is 30.3 Å². The number of hydrogen-bond acceptors (Lipinski definition) is 6. The van der Waals surface area contributed by atoms with Crippen LogP contribution in [0.2, 0.25) is 0 Å². The van der Waals surface area contributed by atoms with Crippen LogP contribution in [0.1, 0.15) is 28.3 Å². The minimum absolute atomic E-state index is 0.0928. The van der Waals surface area contributed by atoms with Crippen molar-refractivity contribution in [2.24, 2.45) is 0 Å². The third kappa shape index (κ3) is 4.71. The van der Waals surface area contributed by atoms with Crippen LogP contribution >= 0.6 is 7.44 Å². The maximum Gasteiger partial charge on any atom is 0.224 e. The second-order valence-corrected chi connectivity index (χ2v) is 10.9. The average molecular weight is 421 g/mol. The van der Waals surface area contributed by atoms with Gasteiger partial charge in [-0.25, -0.2) is 19.3 Å². The van der Waals surface area contributed by atoms with Gasteiger partial charge in [-0.2, -0.15) is 0 Å². The number of phenols is 1. The molecule has 0 fully saturated rings. The SMILES string of the molecule is COc1cc(C(CNc2cnc(C)nc2C)P(=O)(N(C)C)N(C)C)cc(C)c1O. The molecule has 0 bridgehead atoms. The predicted octanol–water partition coefficient (Wildman–Crippen LogP) is 3.59. The molecule has 8 nitrogen and oxygen atoms in total. The molecule has 0 saturated heterocycles. The van der Waals surface area contributed by atoms with Crippen LogP contribution < -0.4 is 10.1 Å². The van der Waals surface area contributed by atoms with Crippen molar-refractivity contribution in [2.75, 3.05) is 47.2 Å². The Hall–Kier alpha value is -2.15. The van der Waals surface area contributed by atoms with Crippen molar-refractivity contribution in [1.82, 2.24) is 19.3 Å². The smallest absolute Gasteiger partial charge is 0.224 e. The van der Waals surface area contributed by atoms with Crippen LogP contribution in [0.3, 0.4) is 0 Å². The summed E-state index contributed by atoms with van der Waals surface area (Å²) in [5.41, 5.74) is 2.73. The molecule has 9 heteroatoms. The molecule has 29 heavy (non-hydrogen) atoms. The standard InChI is InChI=1S/C20H32N5O3P/c1-13-9-16(10-18(28-8)20(13)26)19(29(27,24(4)5)25(6)7)12-22-17-11-21-15(3)23-14(17)2/h9-11,19,22,26H,12H2,1-8H3. The number of aryl methyl sites for hydroxylation is 3. The number of aromatic hydroxyl groups is 1. The van der Waals surface area contributed by atoms with E-state index in [2.05, 4.69) is 15.3 Å². The van der Waals surface area contributed by atoms with Crippen molar-refractivity contribution in [3.63, 3.8) is 0 Å². The predicted molar refractivity (Wildman–Crippen MR) is 117 cm³/mol. The van der Waals surface area contributed by atoms with Crippen LogP contribution in [0, 0.1) is 20.8 Å². The Morgan fingerprint density at radius 2 is 1.79 bits per heavy atom. The Morgan fingerprint density at radius 3 is 2.31 bits per heavy atom. The van der Waals surface area contributed by atoms with Crippen molar-refractivity contribution < 1.29 is 14.4 Å². The number of methoxy groups -OCH3 is 1. The summed E-state index contributed by atoms with van der Waals surface area (Å²) in [6.45, 7) is 5.96. The molecule has 1 unspecified atom stereocenters. The number of benzene rings is 1. The van der Waals surface area contributed by atoms with Gasteiger partial charge in [0, 0.05) is 6.54 Å². The van der Waals surface area contributed by atoms with Crippen molar-refractivity contribution in [2.45, 2.75) is 26.4 Å². The maximum absolute atomic E-state index is 14.1. The van der Waals surface area contributed by atoms with Crippen LogP contribution in [0.5, 0.6) is 11.5 Å². The van der Waals surface area contributed by atoms with E-state index in [0.717, 1.165) is 16.9 Å². The largest absolute Gasteiger partial charge is 0.504 e. The molecule has 2 aromatic rings. The Balaban J connectivity index is 2.54. The van der Waals surface area contributed by atoms with Crippen molar-refractivity contribution in [3.8, 4) is 11.5 Å². The first kappa shape index (κ1) is 23.1. The molecule has 1 aromatic heterocycles. The Morgan fingerprint density at radius 1 is 1.17 bits per heavy atom. The zero-order valence-corrected chi connectivity index (χ0v) is 19.4. The Kier molecular flexibility index (Phi) is 7.27. The number of nitrogens with one attached hydrogen (secondary N) is 1. The third-order valence-corrected chi connectivity index (χ3v) is 8.62. The van der Waals surface area contributed by atoms with Gasteiger partial charge in [0.2, 0.25) is 7.44 Å². The molecule has 0 saturated carbocycles. The third-order valence-electron chi connectivity index (χ3n) is 5.03. The molecule has 0 aliphatic carbocycles. The summed E-state index contributed by atoms with van der Waals surface area (Å²) >= 11 is 0. The average Bonchev–Trinajstić information content (AvgIpc) is 2.65. The van der Waals surface area contributed by atoms with E-state index in [9.17, 15) is 9.67 Å². The monoisotopic (exact) mass is 421 g/mol. The molecule has 0 aliphatic rings. The second-order valence-electron chi connectivity index (χ2n) is 7.49. The quantitative estimate of drug-likeness (QED) is 0.625. The molecule has 160 valence electrons. The van der Waals surface area contributed by atoms with E-state index in [1.807, 2.05) is 48.1 Å². The van der Waals surface area contributed by atoms with E-state index >= 15 is 0 Å². The molecule has 1 aromatic carbocycles. The number of phenolic OH excluding ortho intramolecular Hbond substituents is 1. The number of anilines is 1. The van der Waals surface area contributed by atoms with Crippen LogP contribution in [0.25, 0.3) is 0 Å². The number of rotatable bonds is 8. The number of hydrogen-bond donors (Lipinski definition) is 2. The summed E-state index contributed by atoms with van der Waals surface area (Å²) in [6, 6.07) is 3.62. The van der Waals surface area contributed by atoms with E-state index < -0.39 is 7.44 Å². The zero-order valence-electron chi connectivity index (χ0n) is 18.5.